The molecule has 0 spiro atoms. The van der Waals surface area contributed by atoms with Gasteiger partial charge in [0.15, 0.2) is 0 Å². The standard InChI is InChI=1S/C21H20O2/c1-23-20-13-7-5-3-2-4-6-12-18(20)21-17-11-9-8-10-16(17)14-15-19(21)22/h2-4,6-11,13-15,22H,5,12H2,1H3/b3-2-,6-4-,13-7-,20-18-. The van der Waals surface area contributed by atoms with Gasteiger partial charge in [0, 0.05) is 11.1 Å². The lowest BCUT2D eigenvalue weighted by molar-refractivity contribution is 0.308. The van der Waals surface area contributed by atoms with E-state index < -0.39 is 0 Å². The summed E-state index contributed by atoms with van der Waals surface area (Å²) in [7, 11) is 1.67. The highest BCUT2D eigenvalue weighted by Gasteiger charge is 2.15. The number of ether oxygens (including phenoxy) is 1. The fraction of sp³-hybridized carbons (Fsp3) is 0.143. The van der Waals surface area contributed by atoms with Crippen molar-refractivity contribution in [2.75, 3.05) is 7.11 Å². The third-order valence-electron chi connectivity index (χ3n) is 3.97. The molecule has 2 heteroatoms. The van der Waals surface area contributed by atoms with Gasteiger partial charge in [-0.05, 0) is 35.8 Å². The summed E-state index contributed by atoms with van der Waals surface area (Å²) in [4.78, 5) is 0. The number of phenols is 1. The maximum absolute atomic E-state index is 10.5. The molecule has 0 aliphatic heterocycles. The van der Waals surface area contributed by atoms with E-state index in [0.717, 1.165) is 34.1 Å². The molecule has 23 heavy (non-hydrogen) atoms. The van der Waals surface area contributed by atoms with E-state index in [0.29, 0.717) is 6.42 Å². The fourth-order valence-electron chi connectivity index (χ4n) is 2.87. The Hall–Kier alpha value is -2.74. The van der Waals surface area contributed by atoms with Crippen LogP contribution in [0.3, 0.4) is 0 Å². The van der Waals surface area contributed by atoms with Crippen LogP contribution in [0.15, 0.2) is 78.6 Å². The van der Waals surface area contributed by atoms with E-state index in [9.17, 15) is 5.11 Å². The van der Waals surface area contributed by atoms with Gasteiger partial charge < -0.3 is 9.84 Å². The molecule has 0 aromatic heterocycles. The van der Waals surface area contributed by atoms with E-state index in [4.69, 9.17) is 4.74 Å². The zero-order valence-corrected chi connectivity index (χ0v) is 13.2. The summed E-state index contributed by atoms with van der Waals surface area (Å²) in [5.41, 5.74) is 1.84. The smallest absolute Gasteiger partial charge is 0.123 e. The van der Waals surface area contributed by atoms with Crippen LogP contribution in [0.4, 0.5) is 0 Å². The first-order valence-electron chi connectivity index (χ1n) is 7.77. The first-order valence-corrected chi connectivity index (χ1v) is 7.77. The van der Waals surface area contributed by atoms with E-state index >= 15 is 0 Å². The topological polar surface area (TPSA) is 29.5 Å². The second kappa shape index (κ2) is 7.01. The Kier molecular flexibility index (Phi) is 4.62. The molecular formula is C21H20O2. The van der Waals surface area contributed by atoms with Crippen LogP contribution >= 0.6 is 0 Å². The van der Waals surface area contributed by atoms with E-state index in [1.807, 2.05) is 42.5 Å². The number of aromatic hydroxyl groups is 1. The number of benzene rings is 2. The Bertz CT molecular complexity index is 823. The molecule has 0 unspecified atom stereocenters. The molecule has 3 rings (SSSR count). The van der Waals surface area contributed by atoms with Gasteiger partial charge in [0.1, 0.15) is 11.5 Å². The van der Waals surface area contributed by atoms with Crippen molar-refractivity contribution in [3.8, 4) is 5.75 Å². The molecule has 2 nitrogen and oxygen atoms in total. The van der Waals surface area contributed by atoms with Gasteiger partial charge in [0.05, 0.1) is 7.11 Å². The molecule has 0 heterocycles. The Balaban J connectivity index is 2.26. The zero-order valence-electron chi connectivity index (χ0n) is 13.2. The SMILES string of the molecule is COC1=C(\c2c(O)ccc3ccccc23)C/C=C\C=C/C/C=C\1. The quantitative estimate of drug-likeness (QED) is 0.808. The van der Waals surface area contributed by atoms with Crippen molar-refractivity contribution in [2.24, 2.45) is 0 Å². The van der Waals surface area contributed by atoms with Crippen LogP contribution < -0.4 is 0 Å². The molecular weight excluding hydrogens is 284 g/mol. The van der Waals surface area contributed by atoms with Gasteiger partial charge >= 0.3 is 0 Å². The minimum atomic E-state index is 0.280. The van der Waals surface area contributed by atoms with Crippen LogP contribution in [-0.2, 0) is 4.74 Å². The molecule has 0 saturated heterocycles. The van der Waals surface area contributed by atoms with Gasteiger partial charge in [-0.1, -0.05) is 60.7 Å². The predicted octanol–water partition coefficient (Wildman–Crippen LogP) is 5.37. The average molecular weight is 304 g/mol. The number of rotatable bonds is 2. The number of allylic oxidation sites excluding steroid dienone is 7. The molecule has 0 fully saturated rings. The van der Waals surface area contributed by atoms with Crippen LogP contribution in [0.1, 0.15) is 18.4 Å². The van der Waals surface area contributed by atoms with E-state index in [1.165, 1.54) is 0 Å². The highest BCUT2D eigenvalue weighted by atomic mass is 16.5. The zero-order chi connectivity index (χ0) is 16.1. The number of fused-ring (bicyclic) bond motifs is 1. The lowest BCUT2D eigenvalue weighted by Gasteiger charge is -2.15. The van der Waals surface area contributed by atoms with Crippen molar-refractivity contribution in [1.82, 2.24) is 0 Å². The Labute approximate surface area is 136 Å². The van der Waals surface area contributed by atoms with Crippen molar-refractivity contribution in [3.63, 3.8) is 0 Å². The van der Waals surface area contributed by atoms with Crippen molar-refractivity contribution < 1.29 is 9.84 Å². The van der Waals surface area contributed by atoms with Crippen LogP contribution in [-0.4, -0.2) is 12.2 Å². The molecule has 116 valence electrons. The molecule has 2 aromatic carbocycles. The summed E-state index contributed by atoms with van der Waals surface area (Å²) in [6.07, 6.45) is 13.9. The van der Waals surface area contributed by atoms with Gasteiger partial charge in [-0.25, -0.2) is 0 Å². The normalized spacial score (nSPS) is 22.5. The lowest BCUT2D eigenvalue weighted by atomic mass is 9.93. The highest BCUT2D eigenvalue weighted by molar-refractivity contribution is 5.97. The van der Waals surface area contributed by atoms with Crippen LogP contribution in [0.5, 0.6) is 5.75 Å². The molecule has 2 aromatic rings. The minimum Gasteiger partial charge on any atom is -0.507 e. The van der Waals surface area contributed by atoms with Crippen molar-refractivity contribution in [2.45, 2.75) is 12.8 Å². The Morgan fingerprint density at radius 2 is 1.78 bits per heavy atom. The van der Waals surface area contributed by atoms with Gasteiger partial charge in [-0.3, -0.25) is 0 Å². The lowest BCUT2D eigenvalue weighted by Crippen LogP contribution is -1.95. The second-order valence-electron chi connectivity index (χ2n) is 5.43. The molecule has 0 bridgehead atoms. The van der Waals surface area contributed by atoms with Gasteiger partial charge in [0.25, 0.3) is 0 Å². The van der Waals surface area contributed by atoms with Crippen LogP contribution in [0.25, 0.3) is 16.3 Å². The average Bonchev–Trinajstić information content (AvgIpc) is 2.59. The van der Waals surface area contributed by atoms with E-state index in [2.05, 4.69) is 24.3 Å². The minimum absolute atomic E-state index is 0.280. The summed E-state index contributed by atoms with van der Waals surface area (Å²) in [5.74, 6) is 1.07. The van der Waals surface area contributed by atoms with Crippen molar-refractivity contribution in [1.29, 1.82) is 0 Å². The molecule has 1 aliphatic carbocycles. The van der Waals surface area contributed by atoms with Gasteiger partial charge in [-0.2, -0.15) is 0 Å². The highest BCUT2D eigenvalue weighted by Crippen LogP contribution is 2.37. The monoisotopic (exact) mass is 304 g/mol. The molecule has 1 aliphatic rings. The first kappa shape index (κ1) is 15.2. The molecule has 0 radical (unpaired) electrons. The Morgan fingerprint density at radius 3 is 2.65 bits per heavy atom. The van der Waals surface area contributed by atoms with E-state index in [1.54, 1.807) is 13.2 Å². The predicted molar refractivity (Wildman–Crippen MR) is 96.2 cm³/mol. The summed E-state index contributed by atoms with van der Waals surface area (Å²) in [6, 6.07) is 11.8. The fourth-order valence-corrected chi connectivity index (χ4v) is 2.87. The molecule has 0 saturated carbocycles. The molecule has 1 N–H and O–H groups in total. The number of hydrogen-bond acceptors (Lipinski definition) is 2. The number of methoxy groups -OCH3 is 1. The third-order valence-corrected chi connectivity index (χ3v) is 3.97. The Morgan fingerprint density at radius 1 is 0.957 bits per heavy atom. The van der Waals surface area contributed by atoms with E-state index in [-0.39, 0.29) is 5.75 Å². The second-order valence-corrected chi connectivity index (χ2v) is 5.43. The summed E-state index contributed by atoms with van der Waals surface area (Å²) >= 11 is 0. The van der Waals surface area contributed by atoms with Crippen molar-refractivity contribution >= 4 is 16.3 Å². The van der Waals surface area contributed by atoms with Crippen LogP contribution in [0, 0.1) is 0 Å². The number of hydrogen-bond donors (Lipinski definition) is 1. The third kappa shape index (κ3) is 3.21. The summed E-state index contributed by atoms with van der Waals surface area (Å²) in [6.45, 7) is 0. The maximum Gasteiger partial charge on any atom is 0.123 e. The number of phenolic OH excluding ortho intramolecular Hbond substituents is 1. The molecule has 0 atom stereocenters. The van der Waals surface area contributed by atoms with Gasteiger partial charge in [0.2, 0.25) is 0 Å². The van der Waals surface area contributed by atoms with Gasteiger partial charge in [-0.15, -0.1) is 0 Å². The van der Waals surface area contributed by atoms with Crippen LogP contribution in [0.2, 0.25) is 0 Å². The summed E-state index contributed by atoms with van der Waals surface area (Å²) in [5, 5.41) is 12.6. The molecule has 0 amide bonds. The largest absolute Gasteiger partial charge is 0.507 e. The van der Waals surface area contributed by atoms with Crippen molar-refractivity contribution in [3.05, 3.63) is 84.2 Å². The summed E-state index contributed by atoms with van der Waals surface area (Å²) < 4.78 is 5.62. The maximum atomic E-state index is 10.5. The first-order chi connectivity index (χ1) is 11.3.